The van der Waals surface area contributed by atoms with Gasteiger partial charge in [-0.1, -0.05) is 13.8 Å². The lowest BCUT2D eigenvalue weighted by atomic mass is 10.0. The van der Waals surface area contributed by atoms with Gasteiger partial charge < -0.3 is 15.1 Å². The topological polar surface area (TPSA) is 59.5 Å². The van der Waals surface area contributed by atoms with Gasteiger partial charge in [0.2, 0.25) is 5.91 Å². The second kappa shape index (κ2) is 5.70. The quantitative estimate of drug-likeness (QED) is 0.826. The third-order valence-corrected chi connectivity index (χ3v) is 2.39. The van der Waals surface area contributed by atoms with Gasteiger partial charge in [0.15, 0.2) is 0 Å². The molecule has 16 heavy (non-hydrogen) atoms. The van der Waals surface area contributed by atoms with Gasteiger partial charge in [0.1, 0.15) is 5.76 Å². The summed E-state index contributed by atoms with van der Waals surface area (Å²) in [5.74, 6) is 1.16. The molecule has 1 heterocycles. The smallest absolute Gasteiger partial charge is 0.239 e. The van der Waals surface area contributed by atoms with Crippen molar-refractivity contribution in [3.8, 4) is 0 Å². The van der Waals surface area contributed by atoms with Crippen molar-refractivity contribution >= 4 is 5.91 Å². The Morgan fingerprint density at radius 3 is 2.75 bits per heavy atom. The summed E-state index contributed by atoms with van der Waals surface area (Å²) in [7, 11) is 1.74. The molecule has 0 aliphatic heterocycles. The fourth-order valence-electron chi connectivity index (χ4n) is 1.61. The molecule has 0 bridgehead atoms. The van der Waals surface area contributed by atoms with Gasteiger partial charge in [-0.15, -0.1) is 0 Å². The van der Waals surface area contributed by atoms with Crippen LogP contribution in [0.25, 0.3) is 0 Å². The summed E-state index contributed by atoms with van der Waals surface area (Å²) in [5, 5.41) is 0. The van der Waals surface area contributed by atoms with E-state index < -0.39 is 6.04 Å². The number of amides is 1. The van der Waals surface area contributed by atoms with Crippen LogP contribution in [-0.4, -0.2) is 23.9 Å². The summed E-state index contributed by atoms with van der Waals surface area (Å²) >= 11 is 0. The van der Waals surface area contributed by atoms with Crippen LogP contribution < -0.4 is 5.73 Å². The Bertz CT molecular complexity index is 320. The fourth-order valence-corrected chi connectivity index (χ4v) is 1.61. The molecule has 90 valence electrons. The van der Waals surface area contributed by atoms with E-state index in [1.165, 1.54) is 0 Å². The summed E-state index contributed by atoms with van der Waals surface area (Å²) in [6.45, 7) is 4.58. The Balaban J connectivity index is 2.47. The van der Waals surface area contributed by atoms with Crippen LogP contribution >= 0.6 is 0 Å². The molecule has 0 fully saturated rings. The van der Waals surface area contributed by atoms with Gasteiger partial charge in [0, 0.05) is 7.05 Å². The average Bonchev–Trinajstić information content (AvgIpc) is 2.68. The number of furan rings is 1. The molecule has 0 aliphatic rings. The highest BCUT2D eigenvalue weighted by Crippen LogP contribution is 2.08. The van der Waals surface area contributed by atoms with Gasteiger partial charge in [-0.3, -0.25) is 4.79 Å². The maximum Gasteiger partial charge on any atom is 0.239 e. The Labute approximate surface area is 96.4 Å². The molecule has 4 heteroatoms. The minimum absolute atomic E-state index is 0.0369. The van der Waals surface area contributed by atoms with E-state index in [2.05, 4.69) is 13.8 Å². The number of carbonyl (C=O) groups excluding carboxylic acids is 1. The lowest BCUT2D eigenvalue weighted by Gasteiger charge is -2.21. The fraction of sp³-hybridized carbons (Fsp3) is 0.583. The first-order valence-electron chi connectivity index (χ1n) is 5.53. The van der Waals surface area contributed by atoms with E-state index >= 15 is 0 Å². The van der Waals surface area contributed by atoms with Crippen molar-refractivity contribution in [2.45, 2.75) is 32.9 Å². The standard InChI is InChI=1S/C12H20N2O2/c1-9(2)7-11(13)12(15)14(3)8-10-5-4-6-16-10/h4-6,9,11H,7-8,13H2,1-3H3. The van der Waals surface area contributed by atoms with Crippen LogP contribution in [0.3, 0.4) is 0 Å². The largest absolute Gasteiger partial charge is 0.467 e. The summed E-state index contributed by atoms with van der Waals surface area (Å²) < 4.78 is 5.18. The van der Waals surface area contributed by atoms with E-state index in [1.807, 2.05) is 12.1 Å². The summed E-state index contributed by atoms with van der Waals surface area (Å²) in [4.78, 5) is 13.5. The van der Waals surface area contributed by atoms with Gasteiger partial charge in [-0.2, -0.15) is 0 Å². The first kappa shape index (κ1) is 12.8. The number of nitrogens with two attached hydrogens (primary N) is 1. The molecule has 1 rings (SSSR count). The molecule has 1 aromatic rings. The molecular formula is C12H20N2O2. The minimum atomic E-state index is -0.417. The van der Waals surface area contributed by atoms with Gasteiger partial charge >= 0.3 is 0 Å². The Morgan fingerprint density at radius 2 is 2.25 bits per heavy atom. The lowest BCUT2D eigenvalue weighted by Crippen LogP contribution is -2.42. The lowest BCUT2D eigenvalue weighted by molar-refractivity contribution is -0.132. The molecule has 0 saturated heterocycles. The predicted molar refractivity (Wildman–Crippen MR) is 62.6 cm³/mol. The molecule has 0 aromatic carbocycles. The number of likely N-dealkylation sites (N-methyl/N-ethyl adjacent to an activating group) is 1. The van der Waals surface area contributed by atoms with Crippen LogP contribution in [0.15, 0.2) is 22.8 Å². The molecule has 4 nitrogen and oxygen atoms in total. The van der Waals surface area contributed by atoms with Crippen molar-refractivity contribution in [3.05, 3.63) is 24.2 Å². The molecule has 1 amide bonds. The zero-order chi connectivity index (χ0) is 12.1. The Morgan fingerprint density at radius 1 is 1.56 bits per heavy atom. The molecule has 1 atom stereocenters. The van der Waals surface area contributed by atoms with Crippen molar-refractivity contribution in [2.75, 3.05) is 7.05 Å². The SMILES string of the molecule is CC(C)CC(N)C(=O)N(C)Cc1ccco1. The van der Waals surface area contributed by atoms with Gasteiger partial charge in [-0.05, 0) is 24.5 Å². The zero-order valence-electron chi connectivity index (χ0n) is 10.1. The molecular weight excluding hydrogens is 204 g/mol. The molecule has 2 N–H and O–H groups in total. The van der Waals surface area contributed by atoms with E-state index in [4.69, 9.17) is 10.2 Å². The molecule has 1 aromatic heterocycles. The Kier molecular flexibility index (Phi) is 4.55. The van der Waals surface area contributed by atoms with Crippen molar-refractivity contribution in [2.24, 2.45) is 11.7 Å². The second-order valence-electron chi connectivity index (χ2n) is 4.51. The summed E-state index contributed by atoms with van der Waals surface area (Å²) in [6, 6.07) is 3.24. The number of carbonyl (C=O) groups is 1. The van der Waals surface area contributed by atoms with Crippen molar-refractivity contribution < 1.29 is 9.21 Å². The number of hydrogen-bond acceptors (Lipinski definition) is 3. The predicted octanol–water partition coefficient (Wildman–Crippen LogP) is 1.61. The van der Waals surface area contributed by atoms with E-state index in [0.717, 1.165) is 5.76 Å². The van der Waals surface area contributed by atoms with E-state index in [1.54, 1.807) is 18.2 Å². The van der Waals surface area contributed by atoms with E-state index in [-0.39, 0.29) is 5.91 Å². The maximum atomic E-state index is 11.9. The monoisotopic (exact) mass is 224 g/mol. The third kappa shape index (κ3) is 3.70. The highest BCUT2D eigenvalue weighted by molar-refractivity contribution is 5.81. The number of rotatable bonds is 5. The molecule has 0 aliphatic carbocycles. The van der Waals surface area contributed by atoms with Gasteiger partial charge in [0.25, 0.3) is 0 Å². The van der Waals surface area contributed by atoms with E-state index in [0.29, 0.717) is 18.9 Å². The molecule has 0 spiro atoms. The van der Waals surface area contributed by atoms with E-state index in [9.17, 15) is 4.79 Å². The normalized spacial score (nSPS) is 12.8. The van der Waals surface area contributed by atoms with Gasteiger partial charge in [-0.25, -0.2) is 0 Å². The number of hydrogen-bond donors (Lipinski definition) is 1. The van der Waals surface area contributed by atoms with Crippen molar-refractivity contribution in [1.29, 1.82) is 0 Å². The molecule has 1 unspecified atom stereocenters. The van der Waals surface area contributed by atoms with Crippen LogP contribution in [0.2, 0.25) is 0 Å². The molecule has 0 radical (unpaired) electrons. The summed E-state index contributed by atoms with van der Waals surface area (Å²) in [5.41, 5.74) is 5.83. The first-order valence-corrected chi connectivity index (χ1v) is 5.53. The highest BCUT2D eigenvalue weighted by Gasteiger charge is 2.19. The zero-order valence-corrected chi connectivity index (χ0v) is 10.1. The first-order chi connectivity index (χ1) is 7.50. The van der Waals surface area contributed by atoms with Crippen LogP contribution in [-0.2, 0) is 11.3 Å². The second-order valence-corrected chi connectivity index (χ2v) is 4.51. The summed E-state index contributed by atoms with van der Waals surface area (Å²) in [6.07, 6.45) is 2.31. The van der Waals surface area contributed by atoms with Gasteiger partial charge in [0.05, 0.1) is 18.8 Å². The van der Waals surface area contributed by atoms with Crippen LogP contribution in [0.1, 0.15) is 26.0 Å². The van der Waals surface area contributed by atoms with Crippen LogP contribution in [0.4, 0.5) is 0 Å². The molecule has 0 saturated carbocycles. The maximum absolute atomic E-state index is 11.9. The highest BCUT2D eigenvalue weighted by atomic mass is 16.3. The van der Waals surface area contributed by atoms with Crippen LogP contribution in [0, 0.1) is 5.92 Å². The minimum Gasteiger partial charge on any atom is -0.467 e. The van der Waals surface area contributed by atoms with Crippen molar-refractivity contribution in [1.82, 2.24) is 4.90 Å². The average molecular weight is 224 g/mol. The number of nitrogens with zero attached hydrogens (tertiary/aromatic N) is 1. The Hall–Kier alpha value is -1.29. The van der Waals surface area contributed by atoms with Crippen molar-refractivity contribution in [3.63, 3.8) is 0 Å². The third-order valence-electron chi connectivity index (χ3n) is 2.39. The van der Waals surface area contributed by atoms with Crippen LogP contribution in [0.5, 0.6) is 0 Å².